The Morgan fingerprint density at radius 2 is 0.532 bits per heavy atom. The topological polar surface area (TPSA) is 318 Å². The molecule has 28 nitrogen and oxygen atoms in total. The predicted molar refractivity (Wildman–Crippen MR) is 411 cm³/mol. The van der Waals surface area contributed by atoms with E-state index < -0.39 is 52.0 Å². The fourth-order valence-electron chi connectivity index (χ4n) is 11.4. The minimum absolute atomic E-state index is 0.00888. The average molecular weight is 1490 g/mol. The van der Waals surface area contributed by atoms with Crippen molar-refractivity contribution in [1.29, 1.82) is 0 Å². The molecule has 0 atom stereocenters. The van der Waals surface area contributed by atoms with Gasteiger partial charge in [-0.2, -0.15) is 0 Å². The number of hydrogen-bond acceptors (Lipinski definition) is 18. The van der Waals surface area contributed by atoms with Crippen molar-refractivity contribution in [2.45, 2.75) is 39.5 Å². The first-order valence-corrected chi connectivity index (χ1v) is 35.9. The summed E-state index contributed by atoms with van der Waals surface area (Å²) in [5.74, 6) is -3.14. The van der Waals surface area contributed by atoms with Gasteiger partial charge in [0.15, 0.2) is 23.0 Å². The van der Waals surface area contributed by atoms with Crippen LogP contribution in [0.4, 0.5) is 4.79 Å². The lowest BCUT2D eigenvalue weighted by Crippen LogP contribution is -2.47. The molecule has 0 fully saturated rings. The number of amides is 6. The van der Waals surface area contributed by atoms with Crippen LogP contribution in [0.25, 0.3) is 0 Å². The van der Waals surface area contributed by atoms with Crippen molar-refractivity contribution in [2.24, 2.45) is 28.2 Å². The van der Waals surface area contributed by atoms with Crippen LogP contribution in [0, 0.1) is 0 Å². The number of pyridine rings is 4. The SMILES string of the molecule is Cn1ccc(C(=O)NCCN(CCNC(=O)c2ccn(C)c(=O)c2OCc2ccccc2)CCN(CCNC(=O)CCNC(=O)OCc2ccccc2)CCN(CCNC(=O)c2ccn(C)c(=O)c2OCc2ccccc2)CCNC(=O)c2ccn(C)c(=O)c2OCc2ccccc2)c(OCc2ccccc2)c1=O. The number of carbonyl (C=O) groups excluding carboxylic acids is 6. The third kappa shape index (κ3) is 25.1. The molecule has 0 unspecified atom stereocenters. The van der Waals surface area contributed by atoms with Crippen molar-refractivity contribution in [3.05, 3.63) is 292 Å². The van der Waals surface area contributed by atoms with Crippen LogP contribution in [0.2, 0.25) is 0 Å². The highest BCUT2D eigenvalue weighted by molar-refractivity contribution is 5.98. The maximum atomic E-state index is 14.2. The van der Waals surface area contributed by atoms with Crippen LogP contribution in [0.5, 0.6) is 23.0 Å². The largest absolute Gasteiger partial charge is 0.482 e. The van der Waals surface area contributed by atoms with Gasteiger partial charge in [-0.25, -0.2) is 4.79 Å². The van der Waals surface area contributed by atoms with Crippen LogP contribution in [0.3, 0.4) is 0 Å². The molecule has 4 aromatic heterocycles. The minimum Gasteiger partial charge on any atom is -0.482 e. The highest BCUT2D eigenvalue weighted by atomic mass is 16.5. The summed E-state index contributed by atoms with van der Waals surface area (Å²) in [6, 6.07) is 52.1. The van der Waals surface area contributed by atoms with E-state index in [2.05, 4.69) is 36.8 Å². The molecule has 6 N–H and O–H groups in total. The van der Waals surface area contributed by atoms with Crippen LogP contribution in [-0.2, 0) is 70.8 Å². The zero-order valence-corrected chi connectivity index (χ0v) is 61.7. The van der Waals surface area contributed by atoms with Crippen LogP contribution < -0.4 is 73.1 Å². The molecule has 0 spiro atoms. The van der Waals surface area contributed by atoms with E-state index in [1.807, 2.05) is 161 Å². The Kier molecular flexibility index (Phi) is 31.1. The number of rotatable bonds is 42. The molecule has 0 bridgehead atoms. The average Bonchev–Trinajstić information content (AvgIpc) is 0.836. The number of nitrogens with zero attached hydrogens (tertiary/aromatic N) is 7. The Morgan fingerprint density at radius 1 is 0.294 bits per heavy atom. The van der Waals surface area contributed by atoms with Gasteiger partial charge in [-0.05, 0) is 52.1 Å². The molecule has 0 aliphatic heterocycles. The van der Waals surface area contributed by atoms with E-state index in [0.717, 1.165) is 27.8 Å². The Labute approximate surface area is 631 Å². The predicted octanol–water partition coefficient (Wildman–Crippen LogP) is 5.16. The Morgan fingerprint density at radius 3 is 0.798 bits per heavy atom. The van der Waals surface area contributed by atoms with Gasteiger partial charge in [0, 0.05) is 158 Å². The fourth-order valence-corrected chi connectivity index (χ4v) is 11.4. The minimum atomic E-state index is -0.686. The first-order chi connectivity index (χ1) is 52.9. The van der Waals surface area contributed by atoms with Crippen LogP contribution in [0.15, 0.2) is 220 Å². The van der Waals surface area contributed by atoms with Crippen LogP contribution in [0.1, 0.15) is 75.7 Å². The second-order valence-electron chi connectivity index (χ2n) is 25.6. The summed E-state index contributed by atoms with van der Waals surface area (Å²) < 4.78 is 34.7. The van der Waals surface area contributed by atoms with Crippen LogP contribution >= 0.6 is 0 Å². The molecular formula is C81H93N13O15. The van der Waals surface area contributed by atoms with E-state index in [9.17, 15) is 47.9 Å². The van der Waals surface area contributed by atoms with E-state index in [4.69, 9.17) is 23.7 Å². The lowest BCUT2D eigenvalue weighted by atomic mass is 10.2. The lowest BCUT2D eigenvalue weighted by molar-refractivity contribution is -0.121. The van der Waals surface area contributed by atoms with Gasteiger partial charge in [-0.15, -0.1) is 0 Å². The summed E-state index contributed by atoms with van der Waals surface area (Å²) in [7, 11) is 6.23. The summed E-state index contributed by atoms with van der Waals surface area (Å²) in [4.78, 5) is 143. The zero-order valence-electron chi connectivity index (χ0n) is 61.7. The van der Waals surface area contributed by atoms with Crippen molar-refractivity contribution in [3.8, 4) is 23.0 Å². The van der Waals surface area contributed by atoms with Gasteiger partial charge in [-0.1, -0.05) is 152 Å². The summed E-state index contributed by atoms with van der Waals surface area (Å²) in [5.41, 5.74) is 2.01. The molecule has 28 heteroatoms. The van der Waals surface area contributed by atoms with Crippen molar-refractivity contribution < 1.29 is 52.5 Å². The first-order valence-electron chi connectivity index (χ1n) is 35.9. The van der Waals surface area contributed by atoms with Gasteiger partial charge in [-0.3, -0.25) is 57.9 Å². The van der Waals surface area contributed by atoms with Gasteiger partial charge in [0.2, 0.25) is 5.91 Å². The van der Waals surface area contributed by atoms with E-state index in [1.54, 1.807) is 28.2 Å². The number of benzene rings is 5. The number of hydrogen-bond donors (Lipinski definition) is 6. The number of carbonyl (C=O) groups is 6. The molecule has 0 saturated heterocycles. The van der Waals surface area contributed by atoms with Gasteiger partial charge in [0.1, 0.15) is 33.0 Å². The van der Waals surface area contributed by atoms with E-state index >= 15 is 0 Å². The van der Waals surface area contributed by atoms with Crippen LogP contribution in [-0.4, -0.2) is 167 Å². The molecule has 5 aromatic carbocycles. The molecule has 9 aromatic rings. The maximum Gasteiger partial charge on any atom is 0.407 e. The summed E-state index contributed by atoms with van der Waals surface area (Å²) in [6.07, 6.45) is 5.18. The first kappa shape index (κ1) is 80.7. The number of nitrogens with one attached hydrogen (secondary N) is 6. The zero-order chi connectivity index (χ0) is 77.3. The van der Waals surface area contributed by atoms with E-state index in [0.29, 0.717) is 26.2 Å². The fraction of sp³-hybridized carbons (Fsp3) is 0.309. The van der Waals surface area contributed by atoms with Gasteiger partial charge in [0.05, 0.1) is 22.3 Å². The van der Waals surface area contributed by atoms with Crippen molar-refractivity contribution >= 4 is 35.6 Å². The third-order valence-corrected chi connectivity index (χ3v) is 17.7. The second kappa shape index (κ2) is 42.1. The maximum absolute atomic E-state index is 14.2. The Bertz CT molecular complexity index is 4230. The highest BCUT2D eigenvalue weighted by Crippen LogP contribution is 2.20. The number of aryl methyl sites for hydroxylation is 4. The number of aromatic nitrogens is 4. The molecule has 9 rings (SSSR count). The summed E-state index contributed by atoms with van der Waals surface area (Å²) >= 11 is 0. The van der Waals surface area contributed by atoms with Crippen molar-refractivity contribution in [3.63, 3.8) is 0 Å². The highest BCUT2D eigenvalue weighted by Gasteiger charge is 2.24. The molecule has 0 radical (unpaired) electrons. The standard InChI is InChI=1S/C81H93N13O15/c1-88-41-31-64(69(77(88)100)105-54-59-20-10-5-11-21-59)73(96)83-37-46-92(47-38-84-74(97)65-32-42-89(2)78(101)70(65)106-55-60-22-12-6-13-23-60)50-52-94(45-36-82-68(95)30-35-87-81(104)109-58-63-28-18-9-19-29-63)53-51-93(48-39-85-75(98)66-33-43-90(3)79(102)71(66)107-56-61-24-14-7-15-25-61)49-40-86-76(99)67-34-44-91(4)80(103)72(67)108-57-62-26-16-8-17-27-62/h5-29,31-34,41-44H,30,35-40,45-58H2,1-4H3,(H,82,95)(H,83,96)(H,84,97)(H,85,98)(H,86,99)(H,87,104). The van der Waals surface area contributed by atoms with Gasteiger partial charge >= 0.3 is 6.09 Å². The monoisotopic (exact) mass is 1490 g/mol. The quantitative estimate of drug-likeness (QED) is 0.0288. The molecule has 109 heavy (non-hydrogen) atoms. The number of ether oxygens (including phenoxy) is 5. The third-order valence-electron chi connectivity index (χ3n) is 17.7. The molecule has 6 amide bonds. The summed E-state index contributed by atoms with van der Waals surface area (Å²) in [6.45, 7) is 2.83. The van der Waals surface area contributed by atoms with E-state index in [-0.39, 0.29) is 163 Å². The van der Waals surface area contributed by atoms with Crippen molar-refractivity contribution in [1.82, 2.24) is 64.9 Å². The Balaban J connectivity index is 0.947. The normalized spacial score (nSPS) is 11.0. The molecular weight excluding hydrogens is 1390 g/mol. The molecule has 0 aliphatic carbocycles. The van der Waals surface area contributed by atoms with Crippen molar-refractivity contribution in [2.75, 3.05) is 98.2 Å². The molecule has 0 saturated carbocycles. The molecule has 0 aliphatic rings. The molecule has 4 heterocycles. The summed E-state index contributed by atoms with van der Waals surface area (Å²) in [5, 5.41) is 17.4. The Hall–Kier alpha value is -12.4. The van der Waals surface area contributed by atoms with Gasteiger partial charge < -0.3 is 73.9 Å². The smallest absolute Gasteiger partial charge is 0.407 e. The second-order valence-corrected chi connectivity index (χ2v) is 25.6. The lowest BCUT2D eigenvalue weighted by Gasteiger charge is -2.30. The molecule has 572 valence electrons. The number of alkyl carbamates (subject to hydrolysis) is 1. The van der Waals surface area contributed by atoms with Gasteiger partial charge in [0.25, 0.3) is 45.9 Å². The van der Waals surface area contributed by atoms with E-state index in [1.165, 1.54) is 67.3 Å².